The van der Waals surface area contributed by atoms with Crippen molar-refractivity contribution in [2.45, 2.75) is 33.3 Å². The summed E-state index contributed by atoms with van der Waals surface area (Å²) in [7, 11) is 1.35. The van der Waals surface area contributed by atoms with E-state index in [0.717, 1.165) is 5.06 Å². The average Bonchev–Trinajstić information content (AvgIpc) is 2.38. The minimum Gasteiger partial charge on any atom is -0.462 e. The van der Waals surface area contributed by atoms with Gasteiger partial charge < -0.3 is 9.47 Å². The van der Waals surface area contributed by atoms with Gasteiger partial charge in [0.25, 0.3) is 0 Å². The van der Waals surface area contributed by atoms with E-state index in [2.05, 4.69) is 0 Å². The molecule has 0 saturated carbocycles. The molecular formula is C15H21NO5. The van der Waals surface area contributed by atoms with Crippen molar-refractivity contribution in [3.8, 4) is 0 Å². The van der Waals surface area contributed by atoms with Gasteiger partial charge in [0, 0.05) is 0 Å². The summed E-state index contributed by atoms with van der Waals surface area (Å²) in [6.07, 6.45) is -0.661. The number of carbonyl (C=O) groups excluding carboxylic acids is 2. The number of benzene rings is 1. The number of amides is 1. The molecule has 0 heterocycles. The quantitative estimate of drug-likeness (QED) is 0.630. The van der Waals surface area contributed by atoms with E-state index in [0.29, 0.717) is 11.3 Å². The van der Waals surface area contributed by atoms with Gasteiger partial charge in [-0.1, -0.05) is 6.07 Å². The van der Waals surface area contributed by atoms with Crippen molar-refractivity contribution in [1.82, 2.24) is 0 Å². The molecule has 116 valence electrons. The number of hydrogen-bond acceptors (Lipinski definition) is 5. The molecule has 0 aliphatic heterocycles. The molecule has 0 atom stereocenters. The van der Waals surface area contributed by atoms with Crippen molar-refractivity contribution in [3.05, 3.63) is 29.8 Å². The van der Waals surface area contributed by atoms with E-state index in [9.17, 15) is 9.59 Å². The molecule has 1 aromatic rings. The lowest BCUT2D eigenvalue weighted by Gasteiger charge is -2.25. The normalized spacial score (nSPS) is 10.9. The van der Waals surface area contributed by atoms with Crippen LogP contribution in [0.4, 0.5) is 10.5 Å². The summed E-state index contributed by atoms with van der Waals surface area (Å²) in [6.45, 7) is 7.28. The first-order valence-corrected chi connectivity index (χ1v) is 6.63. The fourth-order valence-electron chi connectivity index (χ4n) is 1.56. The van der Waals surface area contributed by atoms with Crippen LogP contribution in [0, 0.1) is 0 Å². The van der Waals surface area contributed by atoms with Crippen molar-refractivity contribution in [1.29, 1.82) is 0 Å². The number of hydrogen-bond donors (Lipinski definition) is 0. The molecule has 0 N–H and O–H groups in total. The Labute approximate surface area is 124 Å². The van der Waals surface area contributed by atoms with Crippen molar-refractivity contribution in [2.75, 3.05) is 18.8 Å². The van der Waals surface area contributed by atoms with Crippen molar-refractivity contribution in [2.24, 2.45) is 0 Å². The molecule has 0 unspecified atom stereocenters. The standard InChI is InChI=1S/C15H21NO5/c1-6-20-13(17)11-8-7-9-12(10-11)16(19-5)14(18)21-15(2,3)4/h7-10H,6H2,1-5H3. The zero-order chi connectivity index (χ0) is 16.0. The Balaban J connectivity index is 2.98. The SMILES string of the molecule is CCOC(=O)c1cccc(N(OC)C(=O)OC(C)(C)C)c1. The second-order valence-electron chi connectivity index (χ2n) is 5.23. The van der Waals surface area contributed by atoms with Crippen LogP contribution in [0.25, 0.3) is 0 Å². The van der Waals surface area contributed by atoms with Crippen LogP contribution in [0.1, 0.15) is 38.1 Å². The minimum atomic E-state index is -0.661. The first-order valence-electron chi connectivity index (χ1n) is 6.63. The van der Waals surface area contributed by atoms with Gasteiger partial charge in [0.15, 0.2) is 0 Å². The second kappa shape index (κ2) is 7.08. The van der Waals surface area contributed by atoms with E-state index >= 15 is 0 Å². The predicted octanol–water partition coefficient (Wildman–Crippen LogP) is 3.17. The van der Waals surface area contributed by atoms with Gasteiger partial charge in [-0.25, -0.2) is 9.59 Å². The molecule has 1 amide bonds. The van der Waals surface area contributed by atoms with Crippen LogP contribution in [0.15, 0.2) is 24.3 Å². The molecule has 0 bridgehead atoms. The Kier molecular flexibility index (Phi) is 5.72. The van der Waals surface area contributed by atoms with Gasteiger partial charge in [-0.15, -0.1) is 0 Å². The molecule has 0 aromatic heterocycles. The fraction of sp³-hybridized carbons (Fsp3) is 0.467. The van der Waals surface area contributed by atoms with Crippen LogP contribution in [-0.2, 0) is 14.3 Å². The van der Waals surface area contributed by atoms with E-state index in [1.807, 2.05) is 0 Å². The summed E-state index contributed by atoms with van der Waals surface area (Å²) in [5.74, 6) is -0.459. The average molecular weight is 295 g/mol. The zero-order valence-corrected chi connectivity index (χ0v) is 13.0. The number of carbonyl (C=O) groups is 2. The molecule has 1 aromatic carbocycles. The van der Waals surface area contributed by atoms with Gasteiger partial charge in [0.05, 0.1) is 25.0 Å². The van der Waals surface area contributed by atoms with Gasteiger partial charge in [0.1, 0.15) is 5.60 Å². The third kappa shape index (κ3) is 5.07. The fourth-order valence-corrected chi connectivity index (χ4v) is 1.56. The smallest absolute Gasteiger partial charge is 0.439 e. The Hall–Kier alpha value is -2.08. The summed E-state index contributed by atoms with van der Waals surface area (Å²) < 4.78 is 10.2. The molecule has 21 heavy (non-hydrogen) atoms. The Bertz CT molecular complexity index is 507. The molecule has 0 radical (unpaired) electrons. The van der Waals surface area contributed by atoms with E-state index in [4.69, 9.17) is 14.3 Å². The summed E-state index contributed by atoms with van der Waals surface area (Å²) >= 11 is 0. The van der Waals surface area contributed by atoms with Crippen molar-refractivity contribution >= 4 is 17.7 Å². The number of anilines is 1. The van der Waals surface area contributed by atoms with E-state index in [1.54, 1.807) is 45.9 Å². The van der Waals surface area contributed by atoms with Crippen LogP contribution in [0.3, 0.4) is 0 Å². The van der Waals surface area contributed by atoms with E-state index in [-0.39, 0.29) is 6.61 Å². The highest BCUT2D eigenvalue weighted by molar-refractivity contribution is 5.92. The summed E-state index contributed by atoms with van der Waals surface area (Å²) in [5.41, 5.74) is 0.0735. The lowest BCUT2D eigenvalue weighted by Crippen LogP contribution is -2.36. The highest BCUT2D eigenvalue weighted by Crippen LogP contribution is 2.20. The van der Waals surface area contributed by atoms with Crippen LogP contribution in [0.2, 0.25) is 0 Å². The third-order valence-electron chi connectivity index (χ3n) is 2.33. The molecule has 6 nitrogen and oxygen atoms in total. The minimum absolute atomic E-state index is 0.281. The van der Waals surface area contributed by atoms with E-state index in [1.165, 1.54) is 13.2 Å². The molecule has 0 spiro atoms. The first-order chi connectivity index (χ1) is 9.78. The summed E-state index contributed by atoms with van der Waals surface area (Å²) in [4.78, 5) is 28.8. The largest absolute Gasteiger partial charge is 0.462 e. The zero-order valence-electron chi connectivity index (χ0n) is 13.0. The van der Waals surface area contributed by atoms with Crippen molar-refractivity contribution in [3.63, 3.8) is 0 Å². The maximum absolute atomic E-state index is 12.1. The topological polar surface area (TPSA) is 65.1 Å². The molecule has 6 heteroatoms. The number of nitrogens with zero attached hydrogens (tertiary/aromatic N) is 1. The predicted molar refractivity (Wildman–Crippen MR) is 78.1 cm³/mol. The van der Waals surface area contributed by atoms with Crippen LogP contribution < -0.4 is 5.06 Å². The summed E-state index contributed by atoms with van der Waals surface area (Å²) in [5, 5.41) is 0.980. The van der Waals surface area contributed by atoms with Gasteiger partial charge in [-0.3, -0.25) is 4.84 Å². The Morgan fingerprint density at radius 3 is 2.43 bits per heavy atom. The monoisotopic (exact) mass is 295 g/mol. The Morgan fingerprint density at radius 1 is 1.24 bits per heavy atom. The van der Waals surface area contributed by atoms with Crippen LogP contribution >= 0.6 is 0 Å². The van der Waals surface area contributed by atoms with Gasteiger partial charge in [0.2, 0.25) is 0 Å². The molecule has 0 saturated heterocycles. The molecule has 1 rings (SSSR count). The Morgan fingerprint density at radius 2 is 1.90 bits per heavy atom. The lowest BCUT2D eigenvalue weighted by atomic mass is 10.2. The van der Waals surface area contributed by atoms with E-state index < -0.39 is 17.7 Å². The van der Waals surface area contributed by atoms with Crippen LogP contribution in [0.5, 0.6) is 0 Å². The van der Waals surface area contributed by atoms with Crippen LogP contribution in [-0.4, -0.2) is 31.4 Å². The summed E-state index contributed by atoms with van der Waals surface area (Å²) in [6, 6.07) is 6.38. The first kappa shape index (κ1) is 17.0. The second-order valence-corrected chi connectivity index (χ2v) is 5.23. The third-order valence-corrected chi connectivity index (χ3v) is 2.33. The highest BCUT2D eigenvalue weighted by atomic mass is 16.7. The van der Waals surface area contributed by atoms with Crippen molar-refractivity contribution < 1.29 is 23.9 Å². The number of rotatable bonds is 4. The highest BCUT2D eigenvalue weighted by Gasteiger charge is 2.24. The number of esters is 1. The maximum atomic E-state index is 12.1. The number of hydroxylamine groups is 1. The van der Waals surface area contributed by atoms with Gasteiger partial charge in [-0.2, -0.15) is 5.06 Å². The maximum Gasteiger partial charge on any atom is 0.439 e. The number of ether oxygens (including phenoxy) is 2. The van der Waals surface area contributed by atoms with Gasteiger partial charge in [-0.05, 0) is 45.9 Å². The lowest BCUT2D eigenvalue weighted by molar-refractivity contribution is 0.0327. The molecule has 0 fully saturated rings. The van der Waals surface area contributed by atoms with Gasteiger partial charge >= 0.3 is 12.1 Å². The molecular weight excluding hydrogens is 274 g/mol. The molecule has 0 aliphatic carbocycles. The molecule has 0 aliphatic rings.